The molecule has 0 saturated carbocycles. The number of phenolic OH excluding ortho intramolecular Hbond substituents is 1. The van der Waals surface area contributed by atoms with E-state index in [9.17, 15) is 0 Å². The fourth-order valence-corrected chi connectivity index (χ4v) is 4.99. The number of benzene rings is 4. The fraction of sp³-hybridized carbons (Fsp3) is 0.0909. The van der Waals surface area contributed by atoms with E-state index in [2.05, 4.69) is 41.8 Å². The zero-order valence-electron chi connectivity index (χ0n) is 23.1. The first kappa shape index (κ1) is 34.2. The van der Waals surface area contributed by atoms with E-state index in [1.54, 1.807) is 69.1 Å². The number of ether oxygens (including phenoxy) is 3. The number of hydrogen-bond donors (Lipinski definition) is 3. The molecule has 11 heteroatoms. The molecule has 0 unspecified atom stereocenters. The van der Waals surface area contributed by atoms with Crippen LogP contribution >= 0.6 is 43.5 Å². The summed E-state index contributed by atoms with van der Waals surface area (Å²) < 4.78 is 18.1. The van der Waals surface area contributed by atoms with Crippen molar-refractivity contribution in [3.63, 3.8) is 0 Å². The van der Waals surface area contributed by atoms with Crippen molar-refractivity contribution >= 4 is 76.6 Å². The lowest BCUT2D eigenvalue weighted by atomic mass is 10.2. The van der Waals surface area contributed by atoms with Crippen molar-refractivity contribution in [2.75, 3.05) is 25.7 Å². The van der Waals surface area contributed by atoms with Crippen LogP contribution < -0.4 is 25.7 Å². The number of phenols is 1. The summed E-state index contributed by atoms with van der Waals surface area (Å²) in [6, 6.07) is 24.8. The van der Waals surface area contributed by atoms with Gasteiger partial charge in [-0.2, -0.15) is 0 Å². The van der Waals surface area contributed by atoms with Crippen molar-refractivity contribution in [1.82, 2.24) is 9.97 Å². The number of halogens is 3. The van der Waals surface area contributed by atoms with Crippen LogP contribution in [0.1, 0.15) is 7.43 Å². The van der Waals surface area contributed by atoms with Crippen molar-refractivity contribution in [3.8, 4) is 28.7 Å². The second-order valence-corrected chi connectivity index (χ2v) is 11.0. The lowest BCUT2D eigenvalue weighted by Crippen LogP contribution is -1.91. The molecule has 0 fully saturated rings. The molecule has 6 aromatic rings. The normalized spacial score (nSPS) is 10.0. The third-order valence-electron chi connectivity index (χ3n) is 5.94. The molecule has 2 aromatic heterocycles. The molecule has 228 valence electrons. The van der Waals surface area contributed by atoms with Gasteiger partial charge in [0.2, 0.25) is 0 Å². The van der Waals surface area contributed by atoms with Crippen molar-refractivity contribution in [1.29, 1.82) is 0 Å². The first-order valence-electron chi connectivity index (χ1n) is 12.7. The largest absolute Gasteiger partial charge is 0.508 e. The van der Waals surface area contributed by atoms with Crippen LogP contribution in [0.5, 0.6) is 28.7 Å². The summed E-state index contributed by atoms with van der Waals surface area (Å²) in [5.41, 5.74) is 14.0. The van der Waals surface area contributed by atoms with Crippen LogP contribution in [0.15, 0.2) is 106 Å². The van der Waals surface area contributed by atoms with Crippen molar-refractivity contribution in [2.24, 2.45) is 0 Å². The molecule has 44 heavy (non-hydrogen) atoms. The number of methoxy groups -OCH3 is 2. The van der Waals surface area contributed by atoms with Gasteiger partial charge >= 0.3 is 0 Å². The van der Waals surface area contributed by atoms with Crippen LogP contribution in [-0.4, -0.2) is 29.3 Å². The minimum Gasteiger partial charge on any atom is -0.508 e. The van der Waals surface area contributed by atoms with Gasteiger partial charge in [0.1, 0.15) is 28.7 Å². The molecule has 0 aliphatic rings. The topological polar surface area (TPSA) is 126 Å². The summed E-state index contributed by atoms with van der Waals surface area (Å²) in [5.74, 6) is 3.20. The highest BCUT2D eigenvalue weighted by Crippen LogP contribution is 2.36. The van der Waals surface area contributed by atoms with Gasteiger partial charge in [0.15, 0.2) is 0 Å². The number of aromatic hydroxyl groups is 1. The molecule has 0 radical (unpaired) electrons. The van der Waals surface area contributed by atoms with Crippen molar-refractivity contribution in [2.45, 2.75) is 7.43 Å². The highest BCUT2D eigenvalue weighted by Gasteiger charge is 2.09. The Bertz CT molecular complexity index is 1820. The van der Waals surface area contributed by atoms with Crippen molar-refractivity contribution < 1.29 is 19.3 Å². The Morgan fingerprint density at radius 2 is 1.14 bits per heavy atom. The summed E-state index contributed by atoms with van der Waals surface area (Å²) in [7, 11) is 3.25. The van der Waals surface area contributed by atoms with Gasteiger partial charge in [-0.25, -0.2) is 0 Å². The summed E-state index contributed by atoms with van der Waals surface area (Å²) in [5, 5.41) is 11.2. The van der Waals surface area contributed by atoms with E-state index < -0.39 is 0 Å². The average Bonchev–Trinajstić information content (AvgIpc) is 3.00. The molecule has 0 bridgehead atoms. The van der Waals surface area contributed by atoms with Gasteiger partial charge in [-0.3, -0.25) is 9.97 Å². The number of hydrogen-bond acceptors (Lipinski definition) is 8. The quantitative estimate of drug-likeness (QED) is 0.120. The molecule has 0 saturated heterocycles. The number of rotatable bonds is 4. The molecule has 4 aromatic carbocycles. The van der Waals surface area contributed by atoms with Crippen LogP contribution in [0.4, 0.5) is 11.4 Å². The van der Waals surface area contributed by atoms with E-state index in [1.165, 1.54) is 0 Å². The molecule has 6 rings (SSSR count). The number of nitrogens with two attached hydrogens (primary N) is 2. The maximum absolute atomic E-state index is 8.70. The molecular weight excluding hydrogens is 712 g/mol. The Labute approximate surface area is 277 Å². The Balaban J connectivity index is 0.000000198. The van der Waals surface area contributed by atoms with E-state index in [0.29, 0.717) is 16.4 Å². The fourth-order valence-electron chi connectivity index (χ4n) is 3.77. The zero-order chi connectivity index (χ0) is 30.9. The molecular formula is C33H31Br2ClN4O4. The summed E-state index contributed by atoms with van der Waals surface area (Å²) in [4.78, 5) is 8.55. The second-order valence-electron chi connectivity index (χ2n) is 8.87. The monoisotopic (exact) mass is 740 g/mol. The van der Waals surface area contributed by atoms with E-state index in [-0.39, 0.29) is 13.2 Å². The lowest BCUT2D eigenvalue weighted by Gasteiger charge is -2.10. The number of aromatic nitrogens is 2. The number of anilines is 2. The van der Waals surface area contributed by atoms with Crippen LogP contribution in [0.25, 0.3) is 21.8 Å². The third kappa shape index (κ3) is 8.89. The number of fused-ring (bicyclic) bond motifs is 2. The number of pyridine rings is 2. The first-order valence-corrected chi connectivity index (χ1v) is 14.6. The minimum absolute atomic E-state index is 0. The average molecular weight is 743 g/mol. The number of nitrogens with zero attached hydrogens (tertiary/aromatic N) is 2. The molecule has 2 heterocycles. The Hall–Kier alpha value is -4.25. The maximum Gasteiger partial charge on any atom is 0.138 e. The highest BCUT2D eigenvalue weighted by atomic mass is 79.9. The maximum atomic E-state index is 8.70. The van der Waals surface area contributed by atoms with Gasteiger partial charge in [0, 0.05) is 46.7 Å². The van der Waals surface area contributed by atoms with E-state index >= 15 is 0 Å². The predicted octanol–water partition coefficient (Wildman–Crippen LogP) is 9.65. The summed E-state index contributed by atoms with van der Waals surface area (Å²) in [6.45, 7) is 0. The first-order chi connectivity index (χ1) is 20.7. The van der Waals surface area contributed by atoms with E-state index in [1.807, 2.05) is 42.5 Å². The van der Waals surface area contributed by atoms with Crippen LogP contribution in [0, 0.1) is 0 Å². The Morgan fingerprint density at radius 1 is 0.659 bits per heavy atom. The van der Waals surface area contributed by atoms with Gasteiger partial charge in [-0.05, 0) is 105 Å². The number of nitrogen functional groups attached to an aromatic ring is 2. The highest BCUT2D eigenvalue weighted by molar-refractivity contribution is 9.11. The zero-order valence-corrected chi connectivity index (χ0v) is 27.0. The van der Waals surface area contributed by atoms with Crippen LogP contribution in [-0.2, 0) is 0 Å². The molecule has 8 nitrogen and oxygen atoms in total. The van der Waals surface area contributed by atoms with Gasteiger partial charge in [0.25, 0.3) is 0 Å². The molecule has 5 N–H and O–H groups in total. The smallest absolute Gasteiger partial charge is 0.138 e. The summed E-state index contributed by atoms with van der Waals surface area (Å²) in [6.07, 6.45) is 3.39. The van der Waals surface area contributed by atoms with Gasteiger partial charge in [-0.1, -0.05) is 19.0 Å². The SMILES string of the molecule is C.COc1cc2nccc(Cl)c2cc1Br.COc1cc2nccc(Oc3ccc(N)cc3)c2cc1Br.Nc1ccc(O)cc1. The molecule has 0 aliphatic carbocycles. The molecule has 0 atom stereocenters. The Kier molecular flexibility index (Phi) is 12.5. The van der Waals surface area contributed by atoms with E-state index in [0.717, 1.165) is 53.7 Å². The molecule has 0 aliphatic heterocycles. The Morgan fingerprint density at radius 3 is 1.66 bits per heavy atom. The minimum atomic E-state index is 0. The standard InChI is InChI=1S/C16H13BrN2O2.C10H7BrClNO.C6H7NO.CH4/c1-20-16-9-14-12(8-13(16)17)15(6-7-19-14)21-11-4-2-10(18)3-5-11;1-14-10-5-9-6(4-7(10)11)8(12)2-3-13-9;7-5-1-3-6(8)4-2-5;/h2-9H,18H2,1H3;2-5H,1H3;1-4,8H,7H2;1H4. The predicted molar refractivity (Wildman–Crippen MR) is 187 cm³/mol. The van der Waals surface area contributed by atoms with Crippen LogP contribution in [0.3, 0.4) is 0 Å². The third-order valence-corrected chi connectivity index (χ3v) is 7.51. The van der Waals surface area contributed by atoms with Gasteiger partial charge < -0.3 is 30.8 Å². The van der Waals surface area contributed by atoms with Gasteiger partial charge in [0.05, 0.1) is 39.2 Å². The van der Waals surface area contributed by atoms with Crippen LogP contribution in [0.2, 0.25) is 5.02 Å². The second kappa shape index (κ2) is 16.0. The summed E-state index contributed by atoms with van der Waals surface area (Å²) >= 11 is 12.9. The van der Waals surface area contributed by atoms with E-state index in [4.69, 9.17) is 42.4 Å². The molecule has 0 spiro atoms. The van der Waals surface area contributed by atoms with Crippen molar-refractivity contribution in [3.05, 3.63) is 111 Å². The van der Waals surface area contributed by atoms with Gasteiger partial charge in [-0.15, -0.1) is 0 Å². The lowest BCUT2D eigenvalue weighted by molar-refractivity contribution is 0.412. The molecule has 0 amide bonds.